The van der Waals surface area contributed by atoms with Crippen LogP contribution in [0, 0.1) is 0 Å². The van der Waals surface area contributed by atoms with Gasteiger partial charge in [0.1, 0.15) is 11.5 Å². The molecule has 0 aliphatic heterocycles. The Morgan fingerprint density at radius 2 is 2.25 bits per heavy atom. The summed E-state index contributed by atoms with van der Waals surface area (Å²) in [5, 5.41) is 3.22. The maximum atomic E-state index is 12.2. The van der Waals surface area contributed by atoms with Gasteiger partial charge in [0.25, 0.3) is 5.91 Å². The monoisotopic (exact) mass is 273 g/mol. The second-order valence-electron chi connectivity index (χ2n) is 4.56. The molecule has 0 radical (unpaired) electrons. The second-order valence-corrected chi connectivity index (χ2v) is 4.56. The SMILES string of the molecule is CCCNc1ccc(C(=O)N(C)Cc2ncc[nH]2)nc1. The third-order valence-corrected chi connectivity index (χ3v) is 2.85. The molecule has 0 fully saturated rings. The van der Waals surface area contributed by atoms with Crippen molar-refractivity contribution >= 4 is 11.6 Å². The molecule has 2 heterocycles. The van der Waals surface area contributed by atoms with Gasteiger partial charge in [-0.15, -0.1) is 0 Å². The molecule has 2 N–H and O–H groups in total. The lowest BCUT2D eigenvalue weighted by Gasteiger charge is -2.15. The van der Waals surface area contributed by atoms with Crippen LogP contribution in [-0.2, 0) is 6.54 Å². The van der Waals surface area contributed by atoms with Crippen molar-refractivity contribution < 1.29 is 4.79 Å². The van der Waals surface area contributed by atoms with Gasteiger partial charge >= 0.3 is 0 Å². The highest BCUT2D eigenvalue weighted by Crippen LogP contribution is 2.09. The number of pyridine rings is 1. The van der Waals surface area contributed by atoms with Crippen molar-refractivity contribution in [3.05, 3.63) is 42.2 Å². The zero-order chi connectivity index (χ0) is 14.4. The summed E-state index contributed by atoms with van der Waals surface area (Å²) >= 11 is 0. The van der Waals surface area contributed by atoms with Crippen LogP contribution in [0.15, 0.2) is 30.7 Å². The van der Waals surface area contributed by atoms with Crippen LogP contribution in [0.4, 0.5) is 5.69 Å². The smallest absolute Gasteiger partial charge is 0.272 e. The van der Waals surface area contributed by atoms with Gasteiger partial charge in [-0.05, 0) is 18.6 Å². The Labute approximate surface area is 118 Å². The van der Waals surface area contributed by atoms with E-state index >= 15 is 0 Å². The number of nitrogens with zero attached hydrogens (tertiary/aromatic N) is 3. The zero-order valence-corrected chi connectivity index (χ0v) is 11.8. The van der Waals surface area contributed by atoms with Gasteiger partial charge in [0, 0.05) is 26.0 Å². The quantitative estimate of drug-likeness (QED) is 0.843. The Bertz CT molecular complexity index is 535. The molecule has 0 aromatic carbocycles. The average molecular weight is 273 g/mol. The van der Waals surface area contributed by atoms with Crippen LogP contribution >= 0.6 is 0 Å². The van der Waals surface area contributed by atoms with Gasteiger partial charge < -0.3 is 15.2 Å². The van der Waals surface area contributed by atoms with E-state index in [1.54, 1.807) is 36.6 Å². The van der Waals surface area contributed by atoms with Crippen molar-refractivity contribution in [3.63, 3.8) is 0 Å². The fourth-order valence-electron chi connectivity index (χ4n) is 1.77. The normalized spacial score (nSPS) is 10.3. The number of anilines is 1. The number of aromatic nitrogens is 3. The number of imidazole rings is 1. The minimum atomic E-state index is -0.122. The zero-order valence-electron chi connectivity index (χ0n) is 11.8. The highest BCUT2D eigenvalue weighted by molar-refractivity contribution is 5.92. The van der Waals surface area contributed by atoms with E-state index in [9.17, 15) is 4.79 Å². The molecule has 6 heteroatoms. The number of amides is 1. The first-order valence-corrected chi connectivity index (χ1v) is 6.64. The Balaban J connectivity index is 1.97. The van der Waals surface area contributed by atoms with Crippen molar-refractivity contribution in [1.82, 2.24) is 19.9 Å². The molecule has 0 saturated carbocycles. The first kappa shape index (κ1) is 14.0. The fourth-order valence-corrected chi connectivity index (χ4v) is 1.77. The summed E-state index contributed by atoms with van der Waals surface area (Å²) in [6, 6.07) is 3.61. The summed E-state index contributed by atoms with van der Waals surface area (Å²) in [7, 11) is 1.73. The van der Waals surface area contributed by atoms with E-state index in [0.29, 0.717) is 12.2 Å². The minimum absolute atomic E-state index is 0.122. The van der Waals surface area contributed by atoms with Crippen molar-refractivity contribution in [1.29, 1.82) is 0 Å². The van der Waals surface area contributed by atoms with E-state index < -0.39 is 0 Å². The molecule has 106 valence electrons. The summed E-state index contributed by atoms with van der Waals surface area (Å²) < 4.78 is 0. The van der Waals surface area contributed by atoms with Crippen LogP contribution in [-0.4, -0.2) is 39.4 Å². The van der Waals surface area contributed by atoms with E-state index in [2.05, 4.69) is 27.2 Å². The topological polar surface area (TPSA) is 73.9 Å². The molecule has 0 unspecified atom stereocenters. The molecule has 0 atom stereocenters. The number of H-pyrrole nitrogens is 1. The molecule has 0 bridgehead atoms. The number of hydrogen-bond donors (Lipinski definition) is 2. The van der Waals surface area contributed by atoms with Crippen molar-refractivity contribution in [2.75, 3.05) is 18.9 Å². The predicted octanol–water partition coefficient (Wildman–Crippen LogP) is 1.90. The Morgan fingerprint density at radius 1 is 1.40 bits per heavy atom. The molecule has 1 amide bonds. The molecular formula is C14H19N5O. The van der Waals surface area contributed by atoms with Crippen LogP contribution in [0.25, 0.3) is 0 Å². The van der Waals surface area contributed by atoms with Gasteiger partial charge in [0.2, 0.25) is 0 Å². The largest absolute Gasteiger partial charge is 0.384 e. The second kappa shape index (κ2) is 6.70. The molecule has 2 rings (SSSR count). The summed E-state index contributed by atoms with van der Waals surface area (Å²) in [5.41, 5.74) is 1.36. The number of rotatable bonds is 6. The lowest BCUT2D eigenvalue weighted by Crippen LogP contribution is -2.27. The first-order chi connectivity index (χ1) is 9.70. The third-order valence-electron chi connectivity index (χ3n) is 2.85. The van der Waals surface area contributed by atoms with Crippen LogP contribution in [0.5, 0.6) is 0 Å². The summed E-state index contributed by atoms with van der Waals surface area (Å²) in [6.07, 6.45) is 6.14. The maximum absolute atomic E-state index is 12.2. The number of hydrogen-bond acceptors (Lipinski definition) is 4. The van der Waals surface area contributed by atoms with Gasteiger partial charge in [-0.3, -0.25) is 4.79 Å². The van der Waals surface area contributed by atoms with Crippen LogP contribution in [0.3, 0.4) is 0 Å². The Morgan fingerprint density at radius 3 is 2.85 bits per heavy atom. The van der Waals surface area contributed by atoms with Gasteiger partial charge in [0.15, 0.2) is 0 Å². The molecule has 0 aliphatic carbocycles. The van der Waals surface area contributed by atoms with Crippen molar-refractivity contribution in [3.8, 4) is 0 Å². The lowest BCUT2D eigenvalue weighted by atomic mass is 10.3. The Hall–Kier alpha value is -2.37. The highest BCUT2D eigenvalue weighted by Gasteiger charge is 2.14. The molecule has 2 aromatic heterocycles. The van der Waals surface area contributed by atoms with E-state index in [-0.39, 0.29) is 5.91 Å². The van der Waals surface area contributed by atoms with E-state index in [1.165, 1.54) is 0 Å². The lowest BCUT2D eigenvalue weighted by molar-refractivity contribution is 0.0776. The van der Waals surface area contributed by atoms with Gasteiger partial charge in [-0.1, -0.05) is 6.92 Å². The predicted molar refractivity (Wildman–Crippen MR) is 77.4 cm³/mol. The van der Waals surface area contributed by atoms with Gasteiger partial charge in [-0.25, -0.2) is 9.97 Å². The van der Waals surface area contributed by atoms with E-state index in [0.717, 1.165) is 24.5 Å². The molecule has 6 nitrogen and oxygen atoms in total. The summed E-state index contributed by atoms with van der Waals surface area (Å²) in [6.45, 7) is 3.43. The Kier molecular flexibility index (Phi) is 4.70. The van der Waals surface area contributed by atoms with Gasteiger partial charge in [-0.2, -0.15) is 0 Å². The molecule has 0 aliphatic rings. The van der Waals surface area contributed by atoms with Crippen LogP contribution in [0.1, 0.15) is 29.7 Å². The standard InChI is InChI=1S/C14H19N5O/c1-3-6-15-11-4-5-12(18-9-11)14(20)19(2)10-13-16-7-8-17-13/h4-5,7-9,15H,3,6,10H2,1-2H3,(H,16,17). The van der Waals surface area contributed by atoms with Gasteiger partial charge in [0.05, 0.1) is 18.4 Å². The highest BCUT2D eigenvalue weighted by atomic mass is 16.2. The number of carbonyl (C=O) groups is 1. The maximum Gasteiger partial charge on any atom is 0.272 e. The molecule has 2 aromatic rings. The van der Waals surface area contributed by atoms with E-state index in [4.69, 9.17) is 0 Å². The van der Waals surface area contributed by atoms with E-state index in [1.807, 2.05) is 6.07 Å². The van der Waals surface area contributed by atoms with Crippen molar-refractivity contribution in [2.45, 2.75) is 19.9 Å². The summed E-state index contributed by atoms with van der Waals surface area (Å²) in [5.74, 6) is 0.630. The molecule has 0 saturated heterocycles. The molecule has 20 heavy (non-hydrogen) atoms. The summed E-state index contributed by atoms with van der Waals surface area (Å²) in [4.78, 5) is 25.1. The minimum Gasteiger partial charge on any atom is -0.384 e. The third kappa shape index (κ3) is 3.57. The number of nitrogens with one attached hydrogen (secondary N) is 2. The van der Waals surface area contributed by atoms with Crippen LogP contribution in [0.2, 0.25) is 0 Å². The fraction of sp³-hybridized carbons (Fsp3) is 0.357. The van der Waals surface area contributed by atoms with Crippen LogP contribution < -0.4 is 5.32 Å². The molecule has 0 spiro atoms. The first-order valence-electron chi connectivity index (χ1n) is 6.64. The number of carbonyl (C=O) groups excluding carboxylic acids is 1. The molecular weight excluding hydrogens is 254 g/mol. The van der Waals surface area contributed by atoms with Crippen molar-refractivity contribution in [2.24, 2.45) is 0 Å². The average Bonchev–Trinajstić information content (AvgIpc) is 2.97. The number of aromatic amines is 1.